The van der Waals surface area contributed by atoms with Gasteiger partial charge in [-0.1, -0.05) is 31.9 Å². The molecule has 7 heteroatoms. The van der Waals surface area contributed by atoms with Crippen LogP contribution in [0.2, 0.25) is 0 Å². The van der Waals surface area contributed by atoms with Crippen molar-refractivity contribution in [2.75, 3.05) is 0 Å². The molecular formula is C11H11Br3N4. The Morgan fingerprint density at radius 2 is 1.83 bits per heavy atom. The fourth-order valence-corrected chi connectivity index (χ4v) is 3.73. The summed E-state index contributed by atoms with van der Waals surface area (Å²) in [5.41, 5.74) is 4.84. The number of hydrazine groups is 1. The third-order valence-electron chi connectivity index (χ3n) is 2.60. The molecule has 0 saturated carbocycles. The van der Waals surface area contributed by atoms with Crippen molar-refractivity contribution in [3.63, 3.8) is 0 Å². The molecule has 1 heterocycles. The molecule has 1 atom stereocenters. The molecule has 4 nitrogen and oxygen atoms in total. The summed E-state index contributed by atoms with van der Waals surface area (Å²) in [6.45, 7) is 0. The number of hydrogen-bond donors (Lipinski definition) is 2. The van der Waals surface area contributed by atoms with Crippen LogP contribution in [-0.4, -0.2) is 9.78 Å². The average Bonchev–Trinajstić information content (AvgIpc) is 2.61. The predicted molar refractivity (Wildman–Crippen MR) is 81.9 cm³/mol. The number of nitrogens with two attached hydrogens (primary N) is 1. The first-order valence-electron chi connectivity index (χ1n) is 5.12. The van der Waals surface area contributed by atoms with Crippen LogP contribution in [0.5, 0.6) is 0 Å². The van der Waals surface area contributed by atoms with Crippen LogP contribution < -0.4 is 11.3 Å². The largest absolute Gasteiger partial charge is 0.271 e. The van der Waals surface area contributed by atoms with Gasteiger partial charge in [0.2, 0.25) is 0 Å². The molecule has 0 aliphatic heterocycles. The van der Waals surface area contributed by atoms with Gasteiger partial charge in [-0.05, 0) is 39.7 Å². The van der Waals surface area contributed by atoms with E-state index in [1.165, 1.54) is 0 Å². The van der Waals surface area contributed by atoms with Crippen molar-refractivity contribution < 1.29 is 0 Å². The minimum absolute atomic E-state index is 0.138. The van der Waals surface area contributed by atoms with Gasteiger partial charge >= 0.3 is 0 Å². The van der Waals surface area contributed by atoms with E-state index in [4.69, 9.17) is 5.84 Å². The van der Waals surface area contributed by atoms with Crippen LogP contribution in [0.4, 0.5) is 0 Å². The molecule has 3 N–H and O–H groups in total. The molecule has 0 fully saturated rings. The summed E-state index contributed by atoms with van der Waals surface area (Å²) in [4.78, 5) is 0. The van der Waals surface area contributed by atoms with Crippen LogP contribution >= 0.6 is 47.8 Å². The molecule has 0 aliphatic rings. The highest BCUT2D eigenvalue weighted by Gasteiger charge is 2.20. The van der Waals surface area contributed by atoms with Gasteiger partial charge in [0.15, 0.2) is 0 Å². The Labute approximate surface area is 130 Å². The summed E-state index contributed by atoms with van der Waals surface area (Å²) in [5.74, 6) is 5.69. The Hall–Kier alpha value is -0.210. The van der Waals surface area contributed by atoms with Crippen LogP contribution in [0.25, 0.3) is 0 Å². The van der Waals surface area contributed by atoms with Gasteiger partial charge in [-0.25, -0.2) is 5.43 Å². The topological polar surface area (TPSA) is 55.9 Å². The van der Waals surface area contributed by atoms with E-state index in [1.807, 2.05) is 25.2 Å². The summed E-state index contributed by atoms with van der Waals surface area (Å²) in [5, 5.41) is 4.21. The molecular weight excluding hydrogens is 428 g/mol. The lowest BCUT2D eigenvalue weighted by Gasteiger charge is -2.18. The maximum absolute atomic E-state index is 5.69. The molecule has 0 spiro atoms. The van der Waals surface area contributed by atoms with Crippen molar-refractivity contribution in [2.45, 2.75) is 6.04 Å². The molecule has 1 aromatic carbocycles. The first-order valence-corrected chi connectivity index (χ1v) is 7.50. The second kappa shape index (κ2) is 5.83. The molecule has 1 aromatic heterocycles. The number of nitrogens with zero attached hydrogens (tertiary/aromatic N) is 2. The normalized spacial score (nSPS) is 12.7. The average molecular weight is 439 g/mol. The summed E-state index contributed by atoms with van der Waals surface area (Å²) in [6.07, 6.45) is 1.76. The van der Waals surface area contributed by atoms with Gasteiger partial charge in [0.05, 0.1) is 22.4 Å². The smallest absolute Gasteiger partial charge is 0.0890 e. The minimum atomic E-state index is -0.138. The van der Waals surface area contributed by atoms with E-state index in [0.29, 0.717) is 0 Å². The van der Waals surface area contributed by atoms with Crippen molar-refractivity contribution in [1.82, 2.24) is 15.2 Å². The van der Waals surface area contributed by atoms with E-state index in [0.717, 1.165) is 24.7 Å². The molecule has 18 heavy (non-hydrogen) atoms. The third-order valence-corrected chi connectivity index (χ3v) is 4.12. The summed E-state index contributed by atoms with van der Waals surface area (Å²) < 4.78 is 4.70. The number of rotatable bonds is 3. The van der Waals surface area contributed by atoms with Crippen molar-refractivity contribution >= 4 is 47.8 Å². The maximum Gasteiger partial charge on any atom is 0.0890 e. The summed E-state index contributed by atoms with van der Waals surface area (Å²) in [6, 6.07) is 5.89. The Balaban J connectivity index is 2.52. The zero-order valence-corrected chi connectivity index (χ0v) is 14.3. The maximum atomic E-state index is 5.69. The second-order valence-corrected chi connectivity index (χ2v) is 6.49. The van der Waals surface area contributed by atoms with Crippen molar-refractivity contribution in [2.24, 2.45) is 12.9 Å². The van der Waals surface area contributed by atoms with Crippen molar-refractivity contribution in [3.8, 4) is 0 Å². The Bertz CT molecular complexity index is 528. The third kappa shape index (κ3) is 2.85. The summed E-state index contributed by atoms with van der Waals surface area (Å²) in [7, 11) is 1.89. The van der Waals surface area contributed by atoms with Crippen molar-refractivity contribution in [3.05, 3.63) is 49.1 Å². The fraction of sp³-hybridized carbons (Fsp3) is 0.182. The molecule has 0 aliphatic carbocycles. The lowest BCUT2D eigenvalue weighted by atomic mass is 10.0. The standard InChI is InChI=1S/C11H11Br3N4/c1-18-11(9(14)5-16-18)10(17-15)6-2-7(12)4-8(13)3-6/h2-5,10,17H,15H2,1H3. The lowest BCUT2D eigenvalue weighted by molar-refractivity contribution is 0.573. The molecule has 0 amide bonds. The lowest BCUT2D eigenvalue weighted by Crippen LogP contribution is -2.30. The number of aromatic nitrogens is 2. The van der Waals surface area contributed by atoms with Gasteiger partial charge in [-0.15, -0.1) is 0 Å². The minimum Gasteiger partial charge on any atom is -0.271 e. The SMILES string of the molecule is Cn1ncc(Br)c1C(NN)c1cc(Br)cc(Br)c1. The highest BCUT2D eigenvalue weighted by Crippen LogP contribution is 2.31. The van der Waals surface area contributed by atoms with Crippen LogP contribution in [0.15, 0.2) is 37.8 Å². The van der Waals surface area contributed by atoms with Crippen LogP contribution in [0, 0.1) is 0 Å². The predicted octanol–water partition coefficient (Wildman–Crippen LogP) is 3.26. The summed E-state index contributed by atoms with van der Waals surface area (Å²) >= 11 is 10.4. The zero-order chi connectivity index (χ0) is 13.3. The first kappa shape index (κ1) is 14.2. The molecule has 0 radical (unpaired) electrons. The monoisotopic (exact) mass is 436 g/mol. The Morgan fingerprint density at radius 3 is 2.28 bits per heavy atom. The highest BCUT2D eigenvalue weighted by molar-refractivity contribution is 9.11. The van der Waals surface area contributed by atoms with Gasteiger partial charge in [0, 0.05) is 16.0 Å². The second-order valence-electron chi connectivity index (χ2n) is 3.80. The molecule has 0 saturated heterocycles. The highest BCUT2D eigenvalue weighted by atomic mass is 79.9. The first-order chi connectivity index (χ1) is 8.52. The number of halogens is 3. The fourth-order valence-electron chi connectivity index (χ4n) is 1.82. The Morgan fingerprint density at radius 1 is 1.22 bits per heavy atom. The Kier molecular flexibility index (Phi) is 4.60. The number of aryl methyl sites for hydroxylation is 1. The number of nitrogens with one attached hydrogen (secondary N) is 1. The van der Waals surface area contributed by atoms with E-state index in [-0.39, 0.29) is 6.04 Å². The quantitative estimate of drug-likeness (QED) is 0.571. The van der Waals surface area contributed by atoms with Crippen LogP contribution in [-0.2, 0) is 7.05 Å². The van der Waals surface area contributed by atoms with Gasteiger partial charge in [0.1, 0.15) is 0 Å². The van der Waals surface area contributed by atoms with E-state index in [1.54, 1.807) is 10.9 Å². The van der Waals surface area contributed by atoms with E-state index in [2.05, 4.69) is 58.3 Å². The number of hydrogen-bond acceptors (Lipinski definition) is 3. The number of benzene rings is 1. The molecule has 1 unspecified atom stereocenters. The van der Waals surface area contributed by atoms with Gasteiger partial charge < -0.3 is 0 Å². The molecule has 2 aromatic rings. The van der Waals surface area contributed by atoms with Gasteiger partial charge in [-0.3, -0.25) is 10.5 Å². The van der Waals surface area contributed by atoms with Gasteiger partial charge in [0.25, 0.3) is 0 Å². The van der Waals surface area contributed by atoms with Crippen molar-refractivity contribution in [1.29, 1.82) is 0 Å². The van der Waals surface area contributed by atoms with E-state index >= 15 is 0 Å². The molecule has 96 valence electrons. The molecule has 2 rings (SSSR count). The van der Waals surface area contributed by atoms with E-state index in [9.17, 15) is 0 Å². The van der Waals surface area contributed by atoms with Gasteiger partial charge in [-0.2, -0.15) is 5.10 Å². The van der Waals surface area contributed by atoms with Crippen LogP contribution in [0.1, 0.15) is 17.3 Å². The van der Waals surface area contributed by atoms with E-state index < -0.39 is 0 Å². The van der Waals surface area contributed by atoms with Crippen LogP contribution in [0.3, 0.4) is 0 Å². The molecule has 0 bridgehead atoms. The zero-order valence-electron chi connectivity index (χ0n) is 9.49.